The van der Waals surface area contributed by atoms with Gasteiger partial charge in [-0.3, -0.25) is 0 Å². The third kappa shape index (κ3) is 6.07. The van der Waals surface area contributed by atoms with Crippen LogP contribution in [-0.4, -0.2) is 38.4 Å². The fourth-order valence-corrected chi connectivity index (χ4v) is 0.762. The van der Waals surface area contributed by atoms with Crippen molar-refractivity contribution in [3.8, 4) is 0 Å². The van der Waals surface area contributed by atoms with E-state index in [2.05, 4.69) is 32.0 Å². The molecule has 0 heterocycles. The minimum atomic E-state index is 0.422. The van der Waals surface area contributed by atoms with Crippen molar-refractivity contribution in [3.63, 3.8) is 0 Å². The van der Waals surface area contributed by atoms with Gasteiger partial charge in [-0.1, -0.05) is 27.0 Å². The number of methoxy groups -OCH3 is 1. The third-order valence-corrected chi connectivity index (χ3v) is 2.19. The average Bonchev–Trinajstić information content (AvgIpc) is 2.21. The van der Waals surface area contributed by atoms with Gasteiger partial charge in [0.25, 0.3) is 0 Å². The topological polar surface area (TPSA) is 24.8 Å². The molecule has 3 nitrogen and oxygen atoms in total. The Bertz CT molecular complexity index is 244. The SMILES string of the molecule is C=C(/C=N\C(=C)N(C)CCOC)C(C)C. The van der Waals surface area contributed by atoms with E-state index >= 15 is 0 Å². The number of allylic oxidation sites excluding steroid dienone is 1. The number of hydrogen-bond donors (Lipinski definition) is 0. The largest absolute Gasteiger partial charge is 0.383 e. The zero-order valence-electron chi connectivity index (χ0n) is 10.3. The Kier molecular flexibility index (Phi) is 6.71. The lowest BCUT2D eigenvalue weighted by molar-refractivity contribution is 0.173. The van der Waals surface area contributed by atoms with Gasteiger partial charge >= 0.3 is 0 Å². The highest BCUT2D eigenvalue weighted by molar-refractivity contribution is 5.78. The Morgan fingerprint density at radius 3 is 2.53 bits per heavy atom. The second-order valence-corrected chi connectivity index (χ2v) is 3.82. The molecule has 0 bridgehead atoms. The van der Waals surface area contributed by atoms with Crippen LogP contribution in [0.1, 0.15) is 13.8 Å². The fraction of sp³-hybridized carbons (Fsp3) is 0.583. The van der Waals surface area contributed by atoms with Crippen molar-refractivity contribution in [1.82, 2.24) is 4.90 Å². The molecule has 0 unspecified atom stereocenters. The van der Waals surface area contributed by atoms with E-state index in [0.717, 1.165) is 17.9 Å². The zero-order chi connectivity index (χ0) is 11.8. The summed E-state index contributed by atoms with van der Waals surface area (Å²) in [6, 6.07) is 0. The van der Waals surface area contributed by atoms with Gasteiger partial charge in [0.15, 0.2) is 0 Å². The summed E-state index contributed by atoms with van der Waals surface area (Å²) >= 11 is 0. The predicted molar refractivity (Wildman–Crippen MR) is 66.1 cm³/mol. The molecule has 0 radical (unpaired) electrons. The summed E-state index contributed by atoms with van der Waals surface area (Å²) in [5.41, 5.74) is 1.01. The van der Waals surface area contributed by atoms with Crippen molar-refractivity contribution in [3.05, 3.63) is 24.6 Å². The molecule has 0 amide bonds. The molecule has 0 aromatic carbocycles. The van der Waals surface area contributed by atoms with Crippen molar-refractivity contribution >= 4 is 6.21 Å². The quantitative estimate of drug-likeness (QED) is 0.602. The number of ether oxygens (including phenoxy) is 1. The van der Waals surface area contributed by atoms with Gasteiger partial charge in [-0.25, -0.2) is 4.99 Å². The van der Waals surface area contributed by atoms with Crippen molar-refractivity contribution in [1.29, 1.82) is 0 Å². The molecule has 0 fully saturated rings. The summed E-state index contributed by atoms with van der Waals surface area (Å²) in [5.74, 6) is 1.15. The molecule has 0 aliphatic heterocycles. The van der Waals surface area contributed by atoms with Crippen LogP contribution in [0.15, 0.2) is 29.5 Å². The molecule has 0 aromatic heterocycles. The molecule has 15 heavy (non-hydrogen) atoms. The second kappa shape index (κ2) is 7.23. The van der Waals surface area contributed by atoms with E-state index in [9.17, 15) is 0 Å². The lowest BCUT2D eigenvalue weighted by Gasteiger charge is -2.17. The Hall–Kier alpha value is -1.09. The van der Waals surface area contributed by atoms with Crippen LogP contribution in [0.4, 0.5) is 0 Å². The van der Waals surface area contributed by atoms with Crippen LogP contribution in [0.25, 0.3) is 0 Å². The lowest BCUT2D eigenvalue weighted by Crippen LogP contribution is -2.20. The maximum Gasteiger partial charge on any atom is 0.121 e. The Morgan fingerprint density at radius 2 is 2.07 bits per heavy atom. The molecule has 0 aliphatic carbocycles. The van der Waals surface area contributed by atoms with Gasteiger partial charge in [0.05, 0.1) is 6.61 Å². The molecule has 0 aliphatic rings. The van der Waals surface area contributed by atoms with Crippen LogP contribution in [0.5, 0.6) is 0 Å². The van der Waals surface area contributed by atoms with E-state index < -0.39 is 0 Å². The van der Waals surface area contributed by atoms with E-state index in [4.69, 9.17) is 4.74 Å². The van der Waals surface area contributed by atoms with Crippen molar-refractivity contribution in [2.75, 3.05) is 27.3 Å². The van der Waals surface area contributed by atoms with Crippen LogP contribution < -0.4 is 0 Å². The summed E-state index contributed by atoms with van der Waals surface area (Å²) in [6.07, 6.45) is 1.77. The van der Waals surface area contributed by atoms with Crippen LogP contribution in [0.2, 0.25) is 0 Å². The van der Waals surface area contributed by atoms with Gasteiger partial charge in [0.2, 0.25) is 0 Å². The van der Waals surface area contributed by atoms with Gasteiger partial charge in [-0.15, -0.1) is 0 Å². The smallest absolute Gasteiger partial charge is 0.121 e. The van der Waals surface area contributed by atoms with Gasteiger partial charge < -0.3 is 9.64 Å². The molecule has 0 saturated carbocycles. The number of nitrogens with zero attached hydrogens (tertiary/aromatic N) is 2. The normalized spacial score (nSPS) is 11.0. The Balaban J connectivity index is 4.06. The summed E-state index contributed by atoms with van der Waals surface area (Å²) in [5, 5.41) is 0. The Morgan fingerprint density at radius 1 is 1.47 bits per heavy atom. The number of rotatable bonds is 7. The number of aliphatic imine (C=N–C) groups is 1. The molecule has 0 saturated heterocycles. The maximum atomic E-state index is 4.97. The van der Waals surface area contributed by atoms with Gasteiger partial charge in [-0.05, 0) is 11.5 Å². The molecule has 0 atom stereocenters. The van der Waals surface area contributed by atoms with E-state index in [1.807, 2.05) is 11.9 Å². The number of likely N-dealkylation sites (N-methyl/N-ethyl adjacent to an activating group) is 1. The van der Waals surface area contributed by atoms with Crippen molar-refractivity contribution in [2.24, 2.45) is 10.9 Å². The summed E-state index contributed by atoms with van der Waals surface area (Å²) in [7, 11) is 3.62. The van der Waals surface area contributed by atoms with Gasteiger partial charge in [0.1, 0.15) is 5.82 Å². The average molecular weight is 210 g/mol. The first-order valence-electron chi connectivity index (χ1n) is 5.10. The van der Waals surface area contributed by atoms with E-state index in [-0.39, 0.29) is 0 Å². The number of hydrogen-bond acceptors (Lipinski definition) is 3. The standard InChI is InChI=1S/C12H22N2O/c1-10(2)11(3)9-13-12(4)14(5)7-8-15-6/h9-10H,3-4,7-8H2,1-2,5-6H3/b13-9-. The zero-order valence-corrected chi connectivity index (χ0v) is 10.3. The van der Waals surface area contributed by atoms with E-state index in [1.165, 1.54) is 0 Å². The van der Waals surface area contributed by atoms with Crippen LogP contribution in [-0.2, 0) is 4.74 Å². The highest BCUT2D eigenvalue weighted by Gasteiger charge is 2.00. The minimum Gasteiger partial charge on any atom is -0.383 e. The molecular formula is C12H22N2O. The molecule has 86 valence electrons. The molecule has 3 heteroatoms. The molecular weight excluding hydrogens is 188 g/mol. The first-order valence-corrected chi connectivity index (χ1v) is 5.10. The van der Waals surface area contributed by atoms with Crippen molar-refractivity contribution < 1.29 is 4.74 Å². The van der Waals surface area contributed by atoms with Gasteiger partial charge in [-0.2, -0.15) is 0 Å². The predicted octanol–water partition coefficient (Wildman–Crippen LogP) is 2.32. The van der Waals surface area contributed by atoms with Crippen LogP contribution in [0, 0.1) is 5.92 Å². The minimum absolute atomic E-state index is 0.422. The Labute approximate surface area is 93.1 Å². The van der Waals surface area contributed by atoms with E-state index in [1.54, 1.807) is 13.3 Å². The first-order chi connectivity index (χ1) is 6.99. The molecule has 0 aromatic rings. The van der Waals surface area contributed by atoms with E-state index in [0.29, 0.717) is 12.5 Å². The first kappa shape index (κ1) is 13.9. The van der Waals surface area contributed by atoms with Crippen LogP contribution in [0.3, 0.4) is 0 Å². The molecule has 0 rings (SSSR count). The molecule has 0 spiro atoms. The van der Waals surface area contributed by atoms with Crippen molar-refractivity contribution in [2.45, 2.75) is 13.8 Å². The highest BCUT2D eigenvalue weighted by atomic mass is 16.5. The third-order valence-electron chi connectivity index (χ3n) is 2.19. The maximum absolute atomic E-state index is 4.97. The second-order valence-electron chi connectivity index (χ2n) is 3.82. The van der Waals surface area contributed by atoms with Gasteiger partial charge in [0, 0.05) is 26.9 Å². The van der Waals surface area contributed by atoms with Crippen LogP contribution >= 0.6 is 0 Å². The highest BCUT2D eigenvalue weighted by Crippen LogP contribution is 2.05. The summed E-state index contributed by atoms with van der Waals surface area (Å²) in [6.45, 7) is 13.4. The monoisotopic (exact) mass is 210 g/mol. The fourth-order valence-electron chi connectivity index (χ4n) is 0.762. The lowest BCUT2D eigenvalue weighted by atomic mass is 10.1. The summed E-state index contributed by atoms with van der Waals surface area (Å²) in [4.78, 5) is 6.20. The summed E-state index contributed by atoms with van der Waals surface area (Å²) < 4.78 is 4.97. The molecule has 0 N–H and O–H groups in total.